The van der Waals surface area contributed by atoms with Crippen molar-refractivity contribution in [2.45, 2.75) is 64.5 Å². The molecule has 2 amide bonds. The van der Waals surface area contributed by atoms with Crippen LogP contribution < -0.4 is 16.0 Å². The van der Waals surface area contributed by atoms with E-state index in [2.05, 4.69) is 20.9 Å². The maximum absolute atomic E-state index is 12.6. The molecule has 1 saturated heterocycles. The van der Waals surface area contributed by atoms with Crippen LogP contribution in [0.1, 0.15) is 57.4 Å². The van der Waals surface area contributed by atoms with Crippen LogP contribution in [0.25, 0.3) is 0 Å². The molecule has 1 aliphatic carbocycles. The van der Waals surface area contributed by atoms with Gasteiger partial charge in [-0.25, -0.2) is 0 Å². The first-order valence-corrected chi connectivity index (χ1v) is 11.2. The number of likely N-dealkylation sites (tertiary alicyclic amines) is 1. The van der Waals surface area contributed by atoms with Crippen LogP contribution >= 0.6 is 0 Å². The van der Waals surface area contributed by atoms with Crippen LogP contribution in [0.5, 0.6) is 0 Å². The molecule has 7 nitrogen and oxygen atoms in total. The third-order valence-electron chi connectivity index (χ3n) is 5.94. The Morgan fingerprint density at radius 2 is 1.87 bits per heavy atom. The number of carbonyl (C=O) groups is 2. The summed E-state index contributed by atoms with van der Waals surface area (Å²) in [4.78, 5) is 30.6. The van der Waals surface area contributed by atoms with Gasteiger partial charge in [-0.2, -0.15) is 0 Å². The molecular weight excluding hydrogens is 378 g/mol. The lowest BCUT2D eigenvalue weighted by atomic mass is 10.1. The average Bonchev–Trinajstić information content (AvgIpc) is 3.44. The Morgan fingerprint density at radius 3 is 2.53 bits per heavy atom. The van der Waals surface area contributed by atoms with Crippen molar-refractivity contribution in [3.8, 4) is 0 Å². The zero-order chi connectivity index (χ0) is 21.3. The molecule has 2 fully saturated rings. The molecule has 1 atom stereocenters. The highest BCUT2D eigenvalue weighted by atomic mass is 16.2. The molecular formula is C23H35N5O2. The first kappa shape index (κ1) is 22.1. The van der Waals surface area contributed by atoms with Gasteiger partial charge in [0.2, 0.25) is 11.8 Å². The van der Waals surface area contributed by atoms with Crippen molar-refractivity contribution in [1.29, 1.82) is 0 Å². The SMILES string of the molecule is CCCC(=O)Nc1ccc(CNC(=NC)NC2CCN(C(=O)C3CCCC3)C2)cc1. The van der Waals surface area contributed by atoms with Crippen LogP contribution in [0.2, 0.25) is 0 Å². The number of carbonyl (C=O) groups excluding carboxylic acids is 2. The summed E-state index contributed by atoms with van der Waals surface area (Å²) in [5.74, 6) is 1.38. The number of aliphatic imine (C=N–C) groups is 1. The Labute approximate surface area is 179 Å². The summed E-state index contributed by atoms with van der Waals surface area (Å²) < 4.78 is 0. The molecule has 1 aromatic carbocycles. The van der Waals surface area contributed by atoms with Crippen molar-refractivity contribution in [3.63, 3.8) is 0 Å². The van der Waals surface area contributed by atoms with E-state index >= 15 is 0 Å². The number of amides is 2. The Hall–Kier alpha value is -2.57. The first-order chi connectivity index (χ1) is 14.6. The molecule has 1 aliphatic heterocycles. The predicted octanol–water partition coefficient (Wildman–Crippen LogP) is 2.88. The summed E-state index contributed by atoms with van der Waals surface area (Å²) in [5.41, 5.74) is 1.92. The fourth-order valence-corrected chi connectivity index (χ4v) is 4.24. The molecule has 0 bridgehead atoms. The van der Waals surface area contributed by atoms with Gasteiger partial charge in [0.1, 0.15) is 0 Å². The number of nitrogens with one attached hydrogen (secondary N) is 3. The predicted molar refractivity (Wildman–Crippen MR) is 120 cm³/mol. The summed E-state index contributed by atoms with van der Waals surface area (Å²) >= 11 is 0. The van der Waals surface area contributed by atoms with Crippen molar-refractivity contribution in [1.82, 2.24) is 15.5 Å². The van der Waals surface area contributed by atoms with Gasteiger partial charge >= 0.3 is 0 Å². The molecule has 1 heterocycles. The minimum atomic E-state index is 0.0463. The molecule has 0 aromatic heterocycles. The van der Waals surface area contributed by atoms with Gasteiger partial charge < -0.3 is 20.9 Å². The molecule has 1 saturated carbocycles. The van der Waals surface area contributed by atoms with Crippen molar-refractivity contribution in [2.24, 2.45) is 10.9 Å². The molecule has 2 aliphatic rings. The molecule has 0 radical (unpaired) electrons. The third-order valence-corrected chi connectivity index (χ3v) is 5.94. The van der Waals surface area contributed by atoms with E-state index in [1.807, 2.05) is 36.1 Å². The van der Waals surface area contributed by atoms with Crippen LogP contribution in [0.4, 0.5) is 5.69 Å². The summed E-state index contributed by atoms with van der Waals surface area (Å²) in [6.45, 7) is 4.21. The topological polar surface area (TPSA) is 85.8 Å². The number of nitrogens with zero attached hydrogens (tertiary/aromatic N) is 2. The van der Waals surface area contributed by atoms with E-state index in [9.17, 15) is 9.59 Å². The van der Waals surface area contributed by atoms with E-state index in [0.29, 0.717) is 18.9 Å². The van der Waals surface area contributed by atoms with Gasteiger partial charge in [0, 0.05) is 50.7 Å². The summed E-state index contributed by atoms with van der Waals surface area (Å²) in [6, 6.07) is 8.07. The van der Waals surface area contributed by atoms with E-state index in [4.69, 9.17) is 0 Å². The first-order valence-electron chi connectivity index (χ1n) is 11.2. The number of anilines is 1. The number of hydrogen-bond donors (Lipinski definition) is 3. The van der Waals surface area contributed by atoms with Crippen LogP contribution in [0, 0.1) is 5.92 Å². The van der Waals surface area contributed by atoms with Crippen LogP contribution in [0.15, 0.2) is 29.3 Å². The zero-order valence-electron chi connectivity index (χ0n) is 18.2. The number of benzene rings is 1. The van der Waals surface area contributed by atoms with Gasteiger partial charge in [-0.3, -0.25) is 14.6 Å². The smallest absolute Gasteiger partial charge is 0.225 e. The second-order valence-corrected chi connectivity index (χ2v) is 8.32. The van der Waals surface area contributed by atoms with Gasteiger partial charge in [0.05, 0.1) is 0 Å². The quantitative estimate of drug-likeness (QED) is 0.474. The van der Waals surface area contributed by atoms with Gasteiger partial charge in [-0.1, -0.05) is 31.9 Å². The highest BCUT2D eigenvalue weighted by Gasteiger charge is 2.32. The van der Waals surface area contributed by atoms with E-state index in [0.717, 1.165) is 56.0 Å². The molecule has 7 heteroatoms. The maximum Gasteiger partial charge on any atom is 0.225 e. The lowest BCUT2D eigenvalue weighted by molar-refractivity contribution is -0.134. The van der Waals surface area contributed by atoms with Gasteiger partial charge in [-0.15, -0.1) is 0 Å². The summed E-state index contributed by atoms with van der Waals surface area (Å²) in [5, 5.41) is 9.69. The highest BCUT2D eigenvalue weighted by molar-refractivity contribution is 5.90. The third kappa shape index (κ3) is 6.21. The Kier molecular flexibility index (Phi) is 8.11. The monoisotopic (exact) mass is 413 g/mol. The maximum atomic E-state index is 12.6. The van der Waals surface area contributed by atoms with Crippen molar-refractivity contribution in [3.05, 3.63) is 29.8 Å². The van der Waals surface area contributed by atoms with Crippen molar-refractivity contribution >= 4 is 23.5 Å². The normalized spacial score (nSPS) is 19.7. The summed E-state index contributed by atoms with van der Waals surface area (Å²) in [6.07, 6.45) is 6.81. The minimum Gasteiger partial charge on any atom is -0.352 e. The molecule has 0 spiro atoms. The van der Waals surface area contributed by atoms with Crippen molar-refractivity contribution < 1.29 is 9.59 Å². The van der Waals surface area contributed by atoms with E-state index in [1.54, 1.807) is 7.05 Å². The van der Waals surface area contributed by atoms with Crippen LogP contribution in [-0.2, 0) is 16.1 Å². The lowest BCUT2D eigenvalue weighted by Gasteiger charge is -2.21. The standard InChI is InChI=1S/C23H35N5O2/c1-3-6-21(29)26-19-11-9-17(10-12-19)15-25-23(24-2)27-20-13-14-28(16-20)22(30)18-7-4-5-8-18/h9-12,18,20H,3-8,13-16H2,1-2H3,(H,26,29)(H2,24,25,27). The van der Waals surface area contributed by atoms with Gasteiger partial charge in [0.25, 0.3) is 0 Å². The second-order valence-electron chi connectivity index (χ2n) is 8.32. The average molecular weight is 414 g/mol. The second kappa shape index (κ2) is 11.0. The fraction of sp³-hybridized carbons (Fsp3) is 0.609. The fourth-order valence-electron chi connectivity index (χ4n) is 4.24. The largest absolute Gasteiger partial charge is 0.352 e. The zero-order valence-corrected chi connectivity index (χ0v) is 18.2. The van der Waals surface area contributed by atoms with E-state index < -0.39 is 0 Å². The van der Waals surface area contributed by atoms with Crippen LogP contribution in [-0.4, -0.2) is 48.9 Å². The Bertz CT molecular complexity index is 740. The molecule has 3 N–H and O–H groups in total. The van der Waals surface area contributed by atoms with E-state index in [-0.39, 0.29) is 17.9 Å². The Balaban J connectivity index is 1.42. The molecule has 30 heavy (non-hydrogen) atoms. The minimum absolute atomic E-state index is 0.0463. The number of hydrogen-bond acceptors (Lipinski definition) is 3. The molecule has 164 valence electrons. The number of rotatable bonds is 7. The van der Waals surface area contributed by atoms with Gasteiger partial charge in [-0.05, 0) is 43.4 Å². The molecule has 3 rings (SSSR count). The number of guanidine groups is 1. The molecule has 1 unspecified atom stereocenters. The Morgan fingerprint density at radius 1 is 1.13 bits per heavy atom. The molecule has 1 aromatic rings. The van der Waals surface area contributed by atoms with Gasteiger partial charge in [0.15, 0.2) is 5.96 Å². The van der Waals surface area contributed by atoms with E-state index in [1.165, 1.54) is 12.8 Å². The van der Waals surface area contributed by atoms with Crippen molar-refractivity contribution in [2.75, 3.05) is 25.5 Å². The highest BCUT2D eigenvalue weighted by Crippen LogP contribution is 2.27. The summed E-state index contributed by atoms with van der Waals surface area (Å²) in [7, 11) is 1.76. The van der Waals surface area contributed by atoms with Crippen LogP contribution in [0.3, 0.4) is 0 Å². The lowest BCUT2D eigenvalue weighted by Crippen LogP contribution is -2.45.